The van der Waals surface area contributed by atoms with Crippen LogP contribution in [0.4, 0.5) is 5.13 Å². The third-order valence-corrected chi connectivity index (χ3v) is 8.27. The average Bonchev–Trinajstić information content (AvgIpc) is 3.17. The fraction of sp³-hybridized carbons (Fsp3) is 0.375. The van der Waals surface area contributed by atoms with Crippen molar-refractivity contribution in [2.45, 2.75) is 11.4 Å². The van der Waals surface area contributed by atoms with Gasteiger partial charge in [-0.05, 0) is 5.57 Å². The van der Waals surface area contributed by atoms with E-state index in [1.165, 1.54) is 5.38 Å². The largest absolute Gasteiger partial charge is 1.00 e. The van der Waals surface area contributed by atoms with E-state index in [1.807, 2.05) is 0 Å². The molecule has 0 bridgehead atoms. The number of thiazole rings is 1. The zero-order chi connectivity index (χ0) is 24.3. The van der Waals surface area contributed by atoms with Gasteiger partial charge < -0.3 is 31.5 Å². The van der Waals surface area contributed by atoms with Crippen LogP contribution in [0.5, 0.6) is 0 Å². The van der Waals surface area contributed by atoms with Crippen molar-refractivity contribution in [1.82, 2.24) is 20.5 Å². The minimum atomic E-state index is -3.78. The number of hydrogen-bond donors (Lipinski definition) is 4. The smallest absolute Gasteiger partial charge is 0.543 e. The second-order valence-corrected chi connectivity index (χ2v) is 11.0. The molecular weight excluding hydrogens is 523 g/mol. The Bertz CT molecular complexity index is 1170. The number of nitrogens with two attached hydrogens (primary N) is 1. The van der Waals surface area contributed by atoms with E-state index in [1.54, 1.807) is 0 Å². The van der Waals surface area contributed by atoms with Gasteiger partial charge >= 0.3 is 29.6 Å². The molecule has 3 amide bonds. The first-order chi connectivity index (χ1) is 15.6. The molecule has 3 rings (SSSR count). The molecule has 0 aliphatic carbocycles. The number of carbonyl (C=O) groups is 4. The van der Waals surface area contributed by atoms with Crippen LogP contribution in [0, 0.1) is 0 Å². The Morgan fingerprint density at radius 1 is 1.44 bits per heavy atom. The third kappa shape index (κ3) is 5.89. The van der Waals surface area contributed by atoms with Crippen LogP contribution in [-0.4, -0.2) is 88.6 Å². The van der Waals surface area contributed by atoms with Crippen molar-refractivity contribution in [1.29, 1.82) is 0 Å². The minimum absolute atomic E-state index is 0. The standard InChI is InChI=1S/C16H18N6O8S3.Na/c17-16-19-8(4-32-16)9(21-28)12(24)20-10-13(25)22-11(15(26)27)7(3-31-14(10)22)5-33(29,30)2-1-18-6-23;/h4,6,10,14,28H,1-3,5H2,(H2,17,19)(H,18,23)(H,20,24)(H,26,27);/q;+1/p-1/b21-9-;/t10?,14-;/m1./s1. The van der Waals surface area contributed by atoms with Gasteiger partial charge in [0.05, 0.1) is 23.2 Å². The number of carboxylic acids is 1. The summed E-state index contributed by atoms with van der Waals surface area (Å²) in [5, 5.41) is 29.0. The fourth-order valence-corrected chi connectivity index (χ4v) is 6.58. The molecule has 2 aliphatic rings. The molecule has 178 valence electrons. The van der Waals surface area contributed by atoms with E-state index in [4.69, 9.17) is 5.73 Å². The van der Waals surface area contributed by atoms with E-state index in [9.17, 15) is 37.9 Å². The maximum Gasteiger partial charge on any atom is 1.00 e. The molecule has 2 aliphatic heterocycles. The first kappa shape index (κ1) is 28.1. The van der Waals surface area contributed by atoms with E-state index in [0.29, 0.717) is 6.41 Å². The Morgan fingerprint density at radius 3 is 2.71 bits per heavy atom. The molecule has 1 aromatic rings. The van der Waals surface area contributed by atoms with Crippen LogP contribution in [0.2, 0.25) is 0 Å². The Labute approximate surface area is 223 Å². The maximum atomic E-state index is 12.7. The van der Waals surface area contributed by atoms with E-state index < -0.39 is 62.0 Å². The number of amides is 3. The molecule has 2 atom stereocenters. The summed E-state index contributed by atoms with van der Waals surface area (Å²) in [7, 11) is -3.78. The molecule has 0 radical (unpaired) electrons. The number of β-lactam (4-membered cyclic amide) rings is 1. The van der Waals surface area contributed by atoms with Gasteiger partial charge in [-0.15, -0.1) is 23.1 Å². The molecule has 5 N–H and O–H groups in total. The normalized spacial score (nSPS) is 20.1. The number of hydrogen-bond acceptors (Lipinski definition) is 13. The Morgan fingerprint density at radius 2 is 2.15 bits per heavy atom. The molecule has 1 unspecified atom stereocenters. The number of nitrogens with one attached hydrogen (secondary N) is 2. The van der Waals surface area contributed by atoms with Crippen molar-refractivity contribution in [2.24, 2.45) is 5.16 Å². The van der Waals surface area contributed by atoms with E-state index in [0.717, 1.165) is 28.0 Å². The van der Waals surface area contributed by atoms with Gasteiger partial charge in [0, 0.05) is 17.7 Å². The summed E-state index contributed by atoms with van der Waals surface area (Å²) in [4.78, 5) is 51.9. The summed E-state index contributed by atoms with van der Waals surface area (Å²) in [5.41, 5.74) is 4.41. The number of sulfone groups is 1. The van der Waals surface area contributed by atoms with Gasteiger partial charge in [0.25, 0.3) is 11.8 Å². The van der Waals surface area contributed by atoms with E-state index in [2.05, 4.69) is 20.8 Å². The summed E-state index contributed by atoms with van der Waals surface area (Å²) >= 11 is 2.06. The monoisotopic (exact) mass is 540 g/mol. The molecule has 1 saturated heterocycles. The summed E-state index contributed by atoms with van der Waals surface area (Å²) in [6.45, 7) is -0.147. The second kappa shape index (κ2) is 11.5. The Kier molecular flexibility index (Phi) is 9.49. The van der Waals surface area contributed by atoms with Crippen LogP contribution in [0.25, 0.3) is 0 Å². The molecule has 1 fully saturated rings. The summed E-state index contributed by atoms with van der Waals surface area (Å²) in [6, 6.07) is -1.15. The molecule has 3 heterocycles. The molecule has 1 aromatic heterocycles. The summed E-state index contributed by atoms with van der Waals surface area (Å²) in [5.74, 6) is -4.56. The quantitative estimate of drug-likeness (QED) is 0.0415. The van der Waals surface area contributed by atoms with E-state index in [-0.39, 0.29) is 58.3 Å². The van der Waals surface area contributed by atoms with Gasteiger partial charge in [-0.25, -0.2) is 13.4 Å². The van der Waals surface area contributed by atoms with Gasteiger partial charge in [0.15, 0.2) is 20.7 Å². The number of nitrogens with zero attached hydrogens (tertiary/aromatic N) is 3. The van der Waals surface area contributed by atoms with Crippen LogP contribution in [0.3, 0.4) is 0 Å². The topological polar surface area (TPSA) is 224 Å². The predicted molar refractivity (Wildman–Crippen MR) is 115 cm³/mol. The summed E-state index contributed by atoms with van der Waals surface area (Å²) < 4.78 is 24.5. The van der Waals surface area contributed by atoms with E-state index >= 15 is 0 Å². The maximum absolute atomic E-state index is 12.7. The molecule has 0 aromatic carbocycles. The third-order valence-electron chi connectivity index (χ3n) is 4.64. The number of thioether (sulfide) groups is 1. The van der Waals surface area contributed by atoms with Gasteiger partial charge in [0.1, 0.15) is 17.1 Å². The molecule has 0 saturated carbocycles. The van der Waals surface area contributed by atoms with Crippen molar-refractivity contribution < 1.29 is 67.5 Å². The van der Waals surface area contributed by atoms with Crippen LogP contribution in [0.15, 0.2) is 21.8 Å². The molecule has 34 heavy (non-hydrogen) atoms. The number of fused-ring (bicyclic) bond motifs is 1. The van der Waals surface area contributed by atoms with Crippen molar-refractivity contribution in [3.63, 3.8) is 0 Å². The number of oxime groups is 1. The average molecular weight is 541 g/mol. The number of anilines is 1. The van der Waals surface area contributed by atoms with Gasteiger partial charge in [-0.3, -0.25) is 19.3 Å². The molecule has 14 nitrogen and oxygen atoms in total. The number of carboxylic acid groups (broad SMARTS) is 1. The van der Waals surface area contributed by atoms with Crippen molar-refractivity contribution in [3.8, 4) is 0 Å². The Hall–Kier alpha value is -2.18. The van der Waals surface area contributed by atoms with Crippen LogP contribution in [0.1, 0.15) is 5.69 Å². The van der Waals surface area contributed by atoms with Crippen LogP contribution in [-0.2, 0) is 29.0 Å². The molecular formula is C16H17N6NaO8S3. The molecule has 18 heteroatoms. The first-order valence-electron chi connectivity index (χ1n) is 9.09. The number of nitrogen functional groups attached to an aromatic ring is 1. The SMILES string of the molecule is Nc1nc(/C(=N/O)C(=O)NC2C(=O)N3C(C(=O)[O-])=C(CS(=O)(=O)CCNC=O)CS[C@H]23)cs1.[Na+]. The number of aromatic nitrogens is 1. The summed E-state index contributed by atoms with van der Waals surface area (Å²) in [6.07, 6.45) is 0.339. The van der Waals surface area contributed by atoms with Crippen molar-refractivity contribution >= 4 is 68.0 Å². The molecule has 0 spiro atoms. The number of carbonyl (C=O) groups excluding carboxylic acids is 4. The second-order valence-electron chi connectivity index (χ2n) is 6.78. The van der Waals surface area contributed by atoms with Gasteiger partial charge in [-0.1, -0.05) is 5.16 Å². The number of rotatable bonds is 10. The number of aliphatic carboxylic acids is 1. The zero-order valence-electron chi connectivity index (χ0n) is 17.6. The van der Waals surface area contributed by atoms with Gasteiger partial charge in [0.2, 0.25) is 6.41 Å². The first-order valence-corrected chi connectivity index (χ1v) is 12.8. The van der Waals surface area contributed by atoms with Crippen LogP contribution < -0.4 is 51.0 Å². The minimum Gasteiger partial charge on any atom is -0.543 e. The fourth-order valence-electron chi connectivity index (χ4n) is 3.21. The van der Waals surface area contributed by atoms with Crippen molar-refractivity contribution in [3.05, 3.63) is 22.3 Å². The van der Waals surface area contributed by atoms with Gasteiger partial charge in [-0.2, -0.15) is 0 Å². The predicted octanol–water partition coefficient (Wildman–Crippen LogP) is -6.53. The van der Waals surface area contributed by atoms with Crippen molar-refractivity contribution in [2.75, 3.05) is 29.5 Å². The zero-order valence-corrected chi connectivity index (χ0v) is 22.0. The Balaban J connectivity index is 0.00000408. The van der Waals surface area contributed by atoms with Crippen LogP contribution >= 0.6 is 23.1 Å².